The minimum Gasteiger partial charge on any atom is -0.337 e. The number of hydrogen-bond acceptors (Lipinski definition) is 4. The number of amides is 1. The van der Waals surface area contributed by atoms with Crippen LogP contribution in [0.3, 0.4) is 0 Å². The highest BCUT2D eigenvalue weighted by Crippen LogP contribution is 2.33. The largest absolute Gasteiger partial charge is 0.337 e. The molecule has 0 radical (unpaired) electrons. The number of halogens is 1. The number of rotatable bonds is 3. The molecular formula is C17H18ClN3OS. The average Bonchev–Trinajstić information content (AvgIpc) is 3.22. The lowest BCUT2D eigenvalue weighted by atomic mass is 10.0. The van der Waals surface area contributed by atoms with Crippen molar-refractivity contribution in [3.8, 4) is 0 Å². The summed E-state index contributed by atoms with van der Waals surface area (Å²) in [6.45, 7) is 4.86. The van der Waals surface area contributed by atoms with Crippen molar-refractivity contribution in [3.63, 3.8) is 0 Å². The number of benzene rings is 1. The maximum absolute atomic E-state index is 12.5. The first kappa shape index (κ1) is 15.1. The van der Waals surface area contributed by atoms with Crippen LogP contribution in [0.4, 0.5) is 0 Å². The summed E-state index contributed by atoms with van der Waals surface area (Å²) in [4.78, 5) is 21.6. The third-order valence-corrected chi connectivity index (χ3v) is 5.89. The van der Waals surface area contributed by atoms with Gasteiger partial charge in [0, 0.05) is 32.7 Å². The second-order valence-electron chi connectivity index (χ2n) is 6.39. The van der Waals surface area contributed by atoms with Crippen molar-refractivity contribution >= 4 is 28.8 Å². The topological polar surface area (TPSA) is 36.4 Å². The Kier molecular flexibility index (Phi) is 4.09. The first-order chi connectivity index (χ1) is 11.2. The molecule has 2 aromatic rings. The van der Waals surface area contributed by atoms with Crippen molar-refractivity contribution in [2.24, 2.45) is 11.8 Å². The molecule has 2 fully saturated rings. The molecule has 2 aliphatic rings. The number of aromatic nitrogens is 1. The summed E-state index contributed by atoms with van der Waals surface area (Å²) in [5.74, 6) is 1.26. The van der Waals surface area contributed by atoms with E-state index in [2.05, 4.69) is 40.2 Å². The first-order valence-electron chi connectivity index (χ1n) is 7.86. The van der Waals surface area contributed by atoms with E-state index < -0.39 is 0 Å². The summed E-state index contributed by atoms with van der Waals surface area (Å²) in [6.07, 6.45) is 1.59. The van der Waals surface area contributed by atoms with Gasteiger partial charge in [-0.25, -0.2) is 4.98 Å². The van der Waals surface area contributed by atoms with E-state index in [1.54, 1.807) is 6.20 Å². The lowest BCUT2D eigenvalue weighted by molar-refractivity contribution is 0.0778. The molecule has 0 bridgehead atoms. The highest BCUT2D eigenvalue weighted by molar-refractivity contribution is 7.17. The van der Waals surface area contributed by atoms with Crippen LogP contribution < -0.4 is 0 Å². The summed E-state index contributed by atoms with van der Waals surface area (Å²) in [6, 6.07) is 10.6. The van der Waals surface area contributed by atoms with Crippen molar-refractivity contribution < 1.29 is 4.79 Å². The smallest absolute Gasteiger partial charge is 0.265 e. The second kappa shape index (κ2) is 6.23. The van der Waals surface area contributed by atoms with Crippen molar-refractivity contribution in [2.75, 3.05) is 26.2 Å². The SMILES string of the molecule is O=C(c1cnc(Cl)s1)N1C[C@H]2CN(Cc3ccccc3)C[C@H]2C1. The van der Waals surface area contributed by atoms with Crippen LogP contribution in [-0.4, -0.2) is 46.9 Å². The molecule has 6 heteroatoms. The van der Waals surface area contributed by atoms with Crippen LogP contribution in [-0.2, 0) is 6.54 Å². The minimum atomic E-state index is 0.0819. The van der Waals surface area contributed by atoms with Crippen molar-refractivity contribution in [2.45, 2.75) is 6.54 Å². The van der Waals surface area contributed by atoms with E-state index in [1.807, 2.05) is 4.90 Å². The zero-order chi connectivity index (χ0) is 15.8. The Bertz CT molecular complexity index is 691. The number of carbonyl (C=O) groups is 1. The zero-order valence-electron chi connectivity index (χ0n) is 12.7. The molecule has 2 aliphatic heterocycles. The highest BCUT2D eigenvalue weighted by atomic mass is 35.5. The number of thiazole rings is 1. The molecule has 2 atom stereocenters. The molecular weight excluding hydrogens is 330 g/mol. The second-order valence-corrected chi connectivity index (χ2v) is 8.00. The van der Waals surface area contributed by atoms with Gasteiger partial charge in [0.25, 0.3) is 5.91 Å². The fourth-order valence-corrected chi connectivity index (χ4v) is 4.64. The molecule has 0 saturated carbocycles. The van der Waals surface area contributed by atoms with Crippen molar-refractivity contribution in [1.29, 1.82) is 0 Å². The van der Waals surface area contributed by atoms with E-state index in [-0.39, 0.29) is 5.91 Å². The summed E-state index contributed by atoms with van der Waals surface area (Å²) in [5.41, 5.74) is 1.36. The Morgan fingerprint density at radius 1 is 1.17 bits per heavy atom. The summed E-state index contributed by atoms with van der Waals surface area (Å²) in [7, 11) is 0. The standard InChI is InChI=1S/C17H18ClN3OS/c18-17-19-6-15(23-17)16(22)21-10-13-8-20(9-14(13)11-21)7-12-4-2-1-3-5-12/h1-6,13-14H,7-11H2/t13-,14+. The van der Waals surface area contributed by atoms with E-state index in [0.717, 1.165) is 32.7 Å². The fraction of sp³-hybridized carbons (Fsp3) is 0.412. The number of carbonyl (C=O) groups excluding carboxylic acids is 1. The van der Waals surface area contributed by atoms with E-state index in [1.165, 1.54) is 16.9 Å². The summed E-state index contributed by atoms with van der Waals surface area (Å²) >= 11 is 7.10. The van der Waals surface area contributed by atoms with Crippen LogP contribution >= 0.6 is 22.9 Å². The predicted octanol–water partition coefficient (Wildman–Crippen LogP) is 3.00. The molecule has 3 heterocycles. The highest BCUT2D eigenvalue weighted by Gasteiger charge is 2.41. The van der Waals surface area contributed by atoms with E-state index in [0.29, 0.717) is 21.2 Å². The Balaban J connectivity index is 1.36. The van der Waals surface area contributed by atoms with Crippen LogP contribution in [0.1, 0.15) is 15.2 Å². The number of likely N-dealkylation sites (tertiary alicyclic amines) is 2. The molecule has 4 rings (SSSR count). The van der Waals surface area contributed by atoms with Crippen LogP contribution in [0.25, 0.3) is 0 Å². The molecule has 120 valence electrons. The van der Waals surface area contributed by atoms with Gasteiger partial charge in [-0.15, -0.1) is 0 Å². The Morgan fingerprint density at radius 3 is 2.48 bits per heavy atom. The van der Waals surface area contributed by atoms with Gasteiger partial charge in [-0.05, 0) is 17.4 Å². The van der Waals surface area contributed by atoms with Crippen molar-refractivity contribution in [1.82, 2.24) is 14.8 Å². The molecule has 0 spiro atoms. The minimum absolute atomic E-state index is 0.0819. The molecule has 1 aromatic heterocycles. The normalized spacial score (nSPS) is 24.1. The number of nitrogens with zero attached hydrogens (tertiary/aromatic N) is 3. The van der Waals surface area contributed by atoms with Crippen LogP contribution in [0.2, 0.25) is 4.47 Å². The number of fused-ring (bicyclic) bond motifs is 1. The molecule has 0 N–H and O–H groups in total. The van der Waals surface area contributed by atoms with Gasteiger partial charge in [0.2, 0.25) is 0 Å². The monoisotopic (exact) mass is 347 g/mol. The fourth-order valence-electron chi connectivity index (χ4n) is 3.73. The third-order valence-electron chi connectivity index (χ3n) is 4.79. The Labute approximate surface area is 144 Å². The lowest BCUT2D eigenvalue weighted by Gasteiger charge is -2.21. The van der Waals surface area contributed by atoms with Gasteiger partial charge in [-0.2, -0.15) is 0 Å². The van der Waals surface area contributed by atoms with E-state index >= 15 is 0 Å². The Morgan fingerprint density at radius 2 is 1.87 bits per heavy atom. The van der Waals surface area contributed by atoms with Crippen LogP contribution in [0.15, 0.2) is 36.5 Å². The third kappa shape index (κ3) is 3.13. The maximum Gasteiger partial charge on any atom is 0.265 e. The molecule has 2 saturated heterocycles. The quantitative estimate of drug-likeness (QED) is 0.856. The molecule has 0 aliphatic carbocycles. The summed E-state index contributed by atoms with van der Waals surface area (Å²) < 4.78 is 0.432. The molecule has 1 amide bonds. The van der Waals surface area contributed by atoms with Gasteiger partial charge in [0.05, 0.1) is 6.20 Å². The van der Waals surface area contributed by atoms with Crippen LogP contribution in [0.5, 0.6) is 0 Å². The average molecular weight is 348 g/mol. The van der Waals surface area contributed by atoms with Gasteiger partial charge in [0.1, 0.15) is 4.88 Å². The first-order valence-corrected chi connectivity index (χ1v) is 9.05. The molecule has 23 heavy (non-hydrogen) atoms. The van der Waals surface area contributed by atoms with Gasteiger partial charge < -0.3 is 4.90 Å². The maximum atomic E-state index is 12.5. The Hall–Kier alpha value is -1.43. The van der Waals surface area contributed by atoms with E-state index in [4.69, 9.17) is 11.6 Å². The molecule has 4 nitrogen and oxygen atoms in total. The van der Waals surface area contributed by atoms with Crippen molar-refractivity contribution in [3.05, 3.63) is 51.4 Å². The van der Waals surface area contributed by atoms with Crippen LogP contribution in [0, 0.1) is 11.8 Å². The molecule has 1 aromatic carbocycles. The van der Waals surface area contributed by atoms with E-state index in [9.17, 15) is 4.79 Å². The zero-order valence-corrected chi connectivity index (χ0v) is 14.3. The number of hydrogen-bond donors (Lipinski definition) is 0. The lowest BCUT2D eigenvalue weighted by Crippen LogP contribution is -2.32. The van der Waals surface area contributed by atoms with Gasteiger partial charge in [0.15, 0.2) is 4.47 Å². The van der Waals surface area contributed by atoms with Gasteiger partial charge in [-0.3, -0.25) is 9.69 Å². The van der Waals surface area contributed by atoms with Gasteiger partial charge in [-0.1, -0.05) is 53.3 Å². The predicted molar refractivity (Wildman–Crippen MR) is 91.7 cm³/mol. The molecule has 0 unspecified atom stereocenters. The summed E-state index contributed by atoms with van der Waals surface area (Å²) in [5, 5.41) is 0. The van der Waals surface area contributed by atoms with Gasteiger partial charge >= 0.3 is 0 Å².